The molecular formula is C27H27FN6O2. The van der Waals surface area contributed by atoms with Gasteiger partial charge in [0.1, 0.15) is 5.82 Å². The van der Waals surface area contributed by atoms with Crippen molar-refractivity contribution in [3.63, 3.8) is 0 Å². The number of aryl methyl sites for hydroxylation is 2. The average molecular weight is 487 g/mol. The van der Waals surface area contributed by atoms with Crippen LogP contribution >= 0.6 is 0 Å². The monoisotopic (exact) mass is 486 g/mol. The number of likely N-dealkylation sites (N-methyl/N-ethyl adjacent to an activating group) is 1. The van der Waals surface area contributed by atoms with Crippen LogP contribution in [-0.2, 0) is 17.3 Å². The Kier molecular flexibility index (Phi) is 5.70. The van der Waals surface area contributed by atoms with E-state index in [1.165, 1.54) is 6.07 Å². The van der Waals surface area contributed by atoms with Crippen LogP contribution in [0.3, 0.4) is 0 Å². The quantitative estimate of drug-likeness (QED) is 0.422. The summed E-state index contributed by atoms with van der Waals surface area (Å²) in [7, 11) is 5.36. The molecule has 5 rings (SSSR count). The molecule has 184 valence electrons. The van der Waals surface area contributed by atoms with E-state index in [1.807, 2.05) is 32.2 Å². The van der Waals surface area contributed by atoms with Crippen molar-refractivity contribution in [2.45, 2.75) is 25.2 Å². The van der Waals surface area contributed by atoms with E-state index in [1.54, 1.807) is 54.1 Å². The third kappa shape index (κ3) is 4.17. The van der Waals surface area contributed by atoms with E-state index in [9.17, 15) is 14.0 Å². The molecule has 3 amide bonds. The zero-order chi connectivity index (χ0) is 25.6. The number of nitrogens with one attached hydrogen (secondary N) is 2. The molecule has 1 aliphatic carbocycles. The van der Waals surface area contributed by atoms with Crippen molar-refractivity contribution in [1.82, 2.24) is 19.7 Å². The number of pyridine rings is 1. The molecule has 2 aromatic carbocycles. The molecule has 0 radical (unpaired) electrons. The molecular weight excluding hydrogens is 459 g/mol. The van der Waals surface area contributed by atoms with E-state index >= 15 is 0 Å². The molecule has 0 bridgehead atoms. The molecule has 0 atom stereocenters. The van der Waals surface area contributed by atoms with Crippen molar-refractivity contribution in [2.75, 3.05) is 24.7 Å². The normalized spacial score (nSPS) is 13.9. The number of fused-ring (bicyclic) bond motifs is 1. The van der Waals surface area contributed by atoms with Crippen molar-refractivity contribution in [3.05, 3.63) is 71.8 Å². The number of hydrogen-bond donors (Lipinski definition) is 2. The number of aromatic nitrogens is 3. The SMILES string of the molecule is Cc1ccc(F)c(NC(=O)Nc2ccc(-c3cc(C4(C(=O)N(C)C)CC4)nc4c3cnn4C)cc2)c1. The van der Waals surface area contributed by atoms with Crippen LogP contribution in [0.4, 0.5) is 20.6 Å². The number of rotatable bonds is 5. The lowest BCUT2D eigenvalue weighted by molar-refractivity contribution is -0.131. The summed E-state index contributed by atoms with van der Waals surface area (Å²) in [5.74, 6) is -0.445. The number of halogens is 1. The Balaban J connectivity index is 1.43. The second-order valence-corrected chi connectivity index (χ2v) is 9.48. The maximum atomic E-state index is 14.0. The van der Waals surface area contributed by atoms with Crippen molar-refractivity contribution in [2.24, 2.45) is 7.05 Å². The van der Waals surface area contributed by atoms with Crippen molar-refractivity contribution >= 4 is 34.3 Å². The summed E-state index contributed by atoms with van der Waals surface area (Å²) in [6.45, 7) is 1.83. The number of anilines is 2. The number of amides is 3. The van der Waals surface area contributed by atoms with Crippen LogP contribution in [0.1, 0.15) is 24.1 Å². The lowest BCUT2D eigenvalue weighted by Gasteiger charge is -2.20. The van der Waals surface area contributed by atoms with Gasteiger partial charge in [-0.25, -0.2) is 14.2 Å². The lowest BCUT2D eigenvalue weighted by atomic mass is 9.95. The molecule has 4 aromatic rings. The van der Waals surface area contributed by atoms with Gasteiger partial charge in [-0.2, -0.15) is 5.10 Å². The highest BCUT2D eigenvalue weighted by Gasteiger charge is 2.53. The molecule has 0 saturated heterocycles. The smallest absolute Gasteiger partial charge is 0.323 e. The summed E-state index contributed by atoms with van der Waals surface area (Å²) in [5, 5.41) is 10.5. The fraction of sp³-hybridized carbons (Fsp3) is 0.259. The van der Waals surface area contributed by atoms with Crippen LogP contribution in [0, 0.1) is 12.7 Å². The summed E-state index contributed by atoms with van der Waals surface area (Å²) >= 11 is 0. The Hall–Kier alpha value is -4.27. The summed E-state index contributed by atoms with van der Waals surface area (Å²) < 4.78 is 15.7. The van der Waals surface area contributed by atoms with Crippen molar-refractivity contribution in [3.8, 4) is 11.1 Å². The Bertz CT molecular complexity index is 1490. The van der Waals surface area contributed by atoms with Crippen LogP contribution < -0.4 is 10.6 Å². The first kappa shape index (κ1) is 23.5. The van der Waals surface area contributed by atoms with Gasteiger partial charge in [0.25, 0.3) is 0 Å². The van der Waals surface area contributed by atoms with Gasteiger partial charge in [-0.3, -0.25) is 9.48 Å². The van der Waals surface area contributed by atoms with Gasteiger partial charge in [0, 0.05) is 32.2 Å². The Labute approximate surface area is 208 Å². The fourth-order valence-corrected chi connectivity index (χ4v) is 4.48. The van der Waals surface area contributed by atoms with E-state index < -0.39 is 17.3 Å². The number of nitrogens with zero attached hydrogens (tertiary/aromatic N) is 4. The number of urea groups is 1. The van der Waals surface area contributed by atoms with E-state index in [0.717, 1.165) is 40.6 Å². The van der Waals surface area contributed by atoms with E-state index in [4.69, 9.17) is 4.98 Å². The van der Waals surface area contributed by atoms with Crippen LogP contribution in [-0.4, -0.2) is 45.7 Å². The molecule has 0 unspecified atom stereocenters. The Morgan fingerprint density at radius 1 is 1.06 bits per heavy atom. The molecule has 36 heavy (non-hydrogen) atoms. The zero-order valence-electron chi connectivity index (χ0n) is 20.6. The van der Waals surface area contributed by atoms with Gasteiger partial charge < -0.3 is 15.5 Å². The molecule has 1 saturated carbocycles. The van der Waals surface area contributed by atoms with Crippen LogP contribution in [0.2, 0.25) is 0 Å². The first-order chi connectivity index (χ1) is 17.2. The van der Waals surface area contributed by atoms with Crippen LogP contribution in [0.5, 0.6) is 0 Å². The van der Waals surface area contributed by atoms with Crippen molar-refractivity contribution < 1.29 is 14.0 Å². The molecule has 0 aliphatic heterocycles. The predicted octanol–water partition coefficient (Wildman–Crippen LogP) is 4.85. The number of benzene rings is 2. The van der Waals surface area contributed by atoms with E-state index in [-0.39, 0.29) is 11.6 Å². The van der Waals surface area contributed by atoms with Crippen LogP contribution in [0.15, 0.2) is 54.7 Å². The van der Waals surface area contributed by atoms with Crippen molar-refractivity contribution in [1.29, 1.82) is 0 Å². The van der Waals surface area contributed by atoms with Gasteiger partial charge in [0.2, 0.25) is 5.91 Å². The van der Waals surface area contributed by atoms with Gasteiger partial charge in [0.15, 0.2) is 5.65 Å². The topological polar surface area (TPSA) is 92.2 Å². The number of carbonyl (C=O) groups is 2. The van der Waals surface area contributed by atoms with Gasteiger partial charge in [-0.1, -0.05) is 18.2 Å². The summed E-state index contributed by atoms with van der Waals surface area (Å²) in [6.07, 6.45) is 3.30. The Morgan fingerprint density at radius 3 is 2.44 bits per heavy atom. The highest BCUT2D eigenvalue weighted by atomic mass is 19.1. The molecule has 8 nitrogen and oxygen atoms in total. The average Bonchev–Trinajstić information content (AvgIpc) is 3.58. The molecule has 0 spiro atoms. The van der Waals surface area contributed by atoms with E-state index in [0.29, 0.717) is 11.3 Å². The van der Waals surface area contributed by atoms with Gasteiger partial charge in [-0.05, 0) is 66.8 Å². The molecule has 2 aromatic heterocycles. The van der Waals surface area contributed by atoms with Gasteiger partial charge in [-0.15, -0.1) is 0 Å². The van der Waals surface area contributed by atoms with Gasteiger partial charge in [0.05, 0.1) is 23.0 Å². The minimum Gasteiger partial charge on any atom is -0.348 e. The molecule has 2 heterocycles. The third-order valence-corrected chi connectivity index (χ3v) is 6.58. The van der Waals surface area contributed by atoms with Crippen LogP contribution in [0.25, 0.3) is 22.2 Å². The fourth-order valence-electron chi connectivity index (χ4n) is 4.48. The largest absolute Gasteiger partial charge is 0.348 e. The third-order valence-electron chi connectivity index (χ3n) is 6.58. The second-order valence-electron chi connectivity index (χ2n) is 9.48. The maximum absolute atomic E-state index is 14.0. The zero-order valence-corrected chi connectivity index (χ0v) is 20.6. The Morgan fingerprint density at radius 2 is 1.78 bits per heavy atom. The first-order valence-electron chi connectivity index (χ1n) is 11.7. The predicted molar refractivity (Wildman–Crippen MR) is 137 cm³/mol. The number of hydrogen-bond acceptors (Lipinski definition) is 4. The highest BCUT2D eigenvalue weighted by molar-refractivity contribution is 6.00. The summed E-state index contributed by atoms with van der Waals surface area (Å²) in [5.41, 5.74) is 4.20. The second kappa shape index (κ2) is 8.75. The molecule has 2 N–H and O–H groups in total. The minimum absolute atomic E-state index is 0.0538. The summed E-state index contributed by atoms with van der Waals surface area (Å²) in [6, 6.07) is 13.3. The minimum atomic E-state index is -0.596. The van der Waals surface area contributed by atoms with E-state index in [2.05, 4.69) is 15.7 Å². The van der Waals surface area contributed by atoms with Gasteiger partial charge >= 0.3 is 6.03 Å². The standard InChI is InChI=1S/C27H27FN6O2/c1-16-5-10-21(28)22(13-16)31-26(36)30-18-8-6-17(7-9-18)19-14-23(27(11-12-27)25(35)33(2)3)32-24-20(19)15-29-34(24)4/h5-10,13-15H,11-12H2,1-4H3,(H2,30,31,36). The number of carbonyl (C=O) groups excluding carboxylic acids is 2. The maximum Gasteiger partial charge on any atom is 0.323 e. The lowest BCUT2D eigenvalue weighted by Crippen LogP contribution is -2.34. The first-order valence-corrected chi connectivity index (χ1v) is 11.7. The highest BCUT2D eigenvalue weighted by Crippen LogP contribution is 2.50. The molecule has 1 fully saturated rings. The molecule has 9 heteroatoms. The summed E-state index contributed by atoms with van der Waals surface area (Å²) in [4.78, 5) is 31.8. The molecule has 1 aliphatic rings.